The largest absolute Gasteiger partial charge is 0.396 e. The van der Waals surface area contributed by atoms with Gasteiger partial charge in [0.25, 0.3) is 0 Å². The van der Waals surface area contributed by atoms with Crippen molar-refractivity contribution in [2.75, 3.05) is 13.2 Å². The molecule has 2 amide bonds. The van der Waals surface area contributed by atoms with Gasteiger partial charge >= 0.3 is 6.03 Å². The molecule has 5 heteroatoms. The maximum Gasteiger partial charge on any atom is 0.317 e. The Kier molecular flexibility index (Phi) is 7.54. The maximum absolute atomic E-state index is 12.3. The highest BCUT2D eigenvalue weighted by molar-refractivity contribution is 6.30. The third-order valence-electron chi connectivity index (χ3n) is 3.51. The van der Waals surface area contributed by atoms with Crippen LogP contribution in [0.15, 0.2) is 24.3 Å². The summed E-state index contributed by atoms with van der Waals surface area (Å²) in [6.07, 6.45) is 0.567. The topological polar surface area (TPSA) is 52.6 Å². The molecule has 0 unspecified atom stereocenters. The van der Waals surface area contributed by atoms with Gasteiger partial charge in [0, 0.05) is 30.8 Å². The number of urea groups is 1. The lowest BCUT2D eigenvalue weighted by Crippen LogP contribution is -2.45. The molecule has 1 aromatic rings. The zero-order valence-corrected chi connectivity index (χ0v) is 13.7. The summed E-state index contributed by atoms with van der Waals surface area (Å²) in [4.78, 5) is 14.1. The van der Waals surface area contributed by atoms with Crippen LogP contribution in [0.5, 0.6) is 0 Å². The molecule has 118 valence electrons. The van der Waals surface area contributed by atoms with Crippen LogP contribution in [0.2, 0.25) is 5.02 Å². The van der Waals surface area contributed by atoms with Crippen LogP contribution in [0.1, 0.15) is 32.8 Å². The summed E-state index contributed by atoms with van der Waals surface area (Å²) in [7, 11) is 0. The van der Waals surface area contributed by atoms with Gasteiger partial charge in [-0.15, -0.1) is 0 Å². The number of benzene rings is 1. The van der Waals surface area contributed by atoms with Crippen LogP contribution >= 0.6 is 11.6 Å². The van der Waals surface area contributed by atoms with Crippen LogP contribution < -0.4 is 5.32 Å². The number of aliphatic hydroxyl groups excluding tert-OH is 1. The molecular weight excluding hydrogens is 288 g/mol. The number of nitrogens with zero attached hydrogens (tertiary/aromatic N) is 1. The van der Waals surface area contributed by atoms with Crippen LogP contribution in [0, 0.1) is 5.92 Å². The minimum Gasteiger partial charge on any atom is -0.396 e. The molecule has 0 fully saturated rings. The highest BCUT2D eigenvalue weighted by Crippen LogP contribution is 2.12. The smallest absolute Gasteiger partial charge is 0.317 e. The molecule has 21 heavy (non-hydrogen) atoms. The number of aliphatic hydroxyl groups is 1. The molecule has 0 aliphatic carbocycles. The Hall–Kier alpha value is -1.26. The number of amides is 2. The van der Waals surface area contributed by atoms with Gasteiger partial charge in [-0.2, -0.15) is 0 Å². The van der Waals surface area contributed by atoms with E-state index in [2.05, 4.69) is 19.2 Å². The number of carbonyl (C=O) groups is 1. The van der Waals surface area contributed by atoms with E-state index in [1.807, 2.05) is 31.2 Å². The van der Waals surface area contributed by atoms with E-state index in [-0.39, 0.29) is 18.7 Å². The number of nitrogens with one attached hydrogen (secondary N) is 1. The Morgan fingerprint density at radius 2 is 1.90 bits per heavy atom. The van der Waals surface area contributed by atoms with Crippen molar-refractivity contribution in [3.63, 3.8) is 0 Å². The van der Waals surface area contributed by atoms with Crippen molar-refractivity contribution in [1.29, 1.82) is 0 Å². The Bertz CT molecular complexity index is 434. The number of hydrogen-bond donors (Lipinski definition) is 2. The van der Waals surface area contributed by atoms with Gasteiger partial charge in [-0.05, 0) is 37.0 Å². The highest BCUT2D eigenvalue weighted by Gasteiger charge is 2.17. The van der Waals surface area contributed by atoms with E-state index < -0.39 is 0 Å². The lowest BCUT2D eigenvalue weighted by molar-refractivity contribution is 0.181. The van der Waals surface area contributed by atoms with Crippen LogP contribution in [0.3, 0.4) is 0 Å². The fraction of sp³-hybridized carbons (Fsp3) is 0.562. The Morgan fingerprint density at radius 1 is 1.29 bits per heavy atom. The van der Waals surface area contributed by atoms with Gasteiger partial charge < -0.3 is 15.3 Å². The molecular formula is C16H25ClN2O2. The molecule has 2 N–H and O–H groups in total. The van der Waals surface area contributed by atoms with Crippen LogP contribution in [-0.4, -0.2) is 35.2 Å². The summed E-state index contributed by atoms with van der Waals surface area (Å²) in [6, 6.07) is 7.46. The van der Waals surface area contributed by atoms with Crippen molar-refractivity contribution in [2.24, 2.45) is 5.92 Å². The molecule has 0 aromatic heterocycles. The van der Waals surface area contributed by atoms with Crippen molar-refractivity contribution < 1.29 is 9.90 Å². The molecule has 0 spiro atoms. The maximum atomic E-state index is 12.3. The first kappa shape index (κ1) is 17.8. The molecule has 0 saturated heterocycles. The number of carbonyl (C=O) groups excluding carboxylic acids is 1. The van der Waals surface area contributed by atoms with Crippen molar-refractivity contribution in [3.05, 3.63) is 34.9 Å². The van der Waals surface area contributed by atoms with Crippen molar-refractivity contribution in [1.82, 2.24) is 10.2 Å². The summed E-state index contributed by atoms with van der Waals surface area (Å²) < 4.78 is 0. The molecule has 0 heterocycles. The van der Waals surface area contributed by atoms with Gasteiger partial charge in [0.15, 0.2) is 0 Å². The first-order valence-electron chi connectivity index (χ1n) is 7.34. The van der Waals surface area contributed by atoms with E-state index in [9.17, 15) is 4.79 Å². The van der Waals surface area contributed by atoms with Crippen LogP contribution in [0.25, 0.3) is 0 Å². The van der Waals surface area contributed by atoms with Gasteiger partial charge in [-0.1, -0.05) is 37.6 Å². The van der Waals surface area contributed by atoms with E-state index in [0.717, 1.165) is 5.56 Å². The third-order valence-corrected chi connectivity index (χ3v) is 3.76. The van der Waals surface area contributed by atoms with E-state index >= 15 is 0 Å². The number of hydrogen-bond acceptors (Lipinski definition) is 2. The van der Waals surface area contributed by atoms with E-state index in [1.165, 1.54) is 0 Å². The van der Waals surface area contributed by atoms with E-state index in [0.29, 0.717) is 30.5 Å². The second-order valence-corrected chi connectivity index (χ2v) is 6.04. The molecule has 1 rings (SSSR count). The van der Waals surface area contributed by atoms with Gasteiger partial charge in [0.1, 0.15) is 0 Å². The Balaban J connectivity index is 2.70. The average molecular weight is 313 g/mol. The second-order valence-electron chi connectivity index (χ2n) is 5.61. The lowest BCUT2D eigenvalue weighted by Gasteiger charge is -2.26. The van der Waals surface area contributed by atoms with Crippen LogP contribution in [0.4, 0.5) is 4.79 Å². The quantitative estimate of drug-likeness (QED) is 0.812. The third kappa shape index (κ3) is 6.36. The average Bonchev–Trinajstić information content (AvgIpc) is 2.45. The first-order chi connectivity index (χ1) is 9.93. The summed E-state index contributed by atoms with van der Waals surface area (Å²) in [5, 5.41) is 12.7. The predicted molar refractivity (Wildman–Crippen MR) is 86.4 cm³/mol. The molecule has 1 atom stereocenters. The lowest BCUT2D eigenvalue weighted by atomic mass is 10.1. The monoisotopic (exact) mass is 312 g/mol. The van der Waals surface area contributed by atoms with Crippen molar-refractivity contribution >= 4 is 17.6 Å². The predicted octanol–water partition coefficient (Wildman–Crippen LogP) is 3.28. The number of halogens is 1. The zero-order valence-electron chi connectivity index (χ0n) is 13.0. The van der Waals surface area contributed by atoms with Gasteiger partial charge in [0.2, 0.25) is 0 Å². The molecule has 4 nitrogen and oxygen atoms in total. The minimum absolute atomic E-state index is 0.0735. The van der Waals surface area contributed by atoms with E-state index in [4.69, 9.17) is 16.7 Å². The van der Waals surface area contributed by atoms with Crippen molar-refractivity contribution in [2.45, 2.75) is 39.8 Å². The summed E-state index contributed by atoms with van der Waals surface area (Å²) in [6.45, 7) is 7.24. The van der Waals surface area contributed by atoms with Gasteiger partial charge in [-0.25, -0.2) is 4.79 Å². The molecule has 0 aliphatic rings. The SMILES string of the molecule is CC(C)[C@@H](C)NC(=O)N(CCCO)Cc1ccc(Cl)cc1. The van der Waals surface area contributed by atoms with Gasteiger partial charge in [0.05, 0.1) is 0 Å². The minimum atomic E-state index is -0.0976. The molecule has 0 saturated carbocycles. The fourth-order valence-electron chi connectivity index (χ4n) is 1.78. The summed E-state index contributed by atoms with van der Waals surface area (Å²) in [5.74, 6) is 0.379. The Labute approximate surface area is 132 Å². The first-order valence-corrected chi connectivity index (χ1v) is 7.72. The normalized spacial score (nSPS) is 12.3. The zero-order chi connectivity index (χ0) is 15.8. The van der Waals surface area contributed by atoms with Crippen molar-refractivity contribution in [3.8, 4) is 0 Å². The summed E-state index contributed by atoms with van der Waals surface area (Å²) >= 11 is 5.87. The molecule has 1 aromatic carbocycles. The Morgan fingerprint density at radius 3 is 2.43 bits per heavy atom. The van der Waals surface area contributed by atoms with Crippen LogP contribution in [-0.2, 0) is 6.54 Å². The highest BCUT2D eigenvalue weighted by atomic mass is 35.5. The number of rotatable bonds is 7. The standard InChI is InChI=1S/C16H25ClN2O2/c1-12(2)13(3)18-16(21)19(9-4-10-20)11-14-5-7-15(17)8-6-14/h5-8,12-13,20H,4,9-11H2,1-3H3,(H,18,21)/t13-/m1/s1. The second kappa shape index (κ2) is 8.90. The molecule has 0 bridgehead atoms. The van der Waals surface area contributed by atoms with E-state index in [1.54, 1.807) is 4.90 Å². The summed E-state index contributed by atoms with van der Waals surface area (Å²) in [5.41, 5.74) is 1.02. The van der Waals surface area contributed by atoms with Gasteiger partial charge in [-0.3, -0.25) is 0 Å². The molecule has 0 radical (unpaired) electrons. The fourth-order valence-corrected chi connectivity index (χ4v) is 1.90. The molecule has 0 aliphatic heterocycles.